The molecule has 0 saturated heterocycles. The lowest BCUT2D eigenvalue weighted by Gasteiger charge is -2.01. The number of rotatable bonds is 3. The second-order valence-corrected chi connectivity index (χ2v) is 7.37. The number of nitrogens with zero attached hydrogens (tertiary/aromatic N) is 1. The van der Waals surface area contributed by atoms with Gasteiger partial charge in [0.2, 0.25) is 0 Å². The normalized spacial score (nSPS) is 11.7. The molecule has 0 N–H and O–H groups in total. The first-order chi connectivity index (χ1) is 12.7. The molecule has 4 rings (SSSR count). The van der Waals surface area contributed by atoms with Crippen LogP contribution in [0, 0.1) is 0 Å². The SMILES string of the molecule is Clc1ccc(N=c2oc(-c3ccccc3)c(-c3ccccc3)s2)c(Cl)c1. The Morgan fingerprint density at radius 3 is 2.08 bits per heavy atom. The summed E-state index contributed by atoms with van der Waals surface area (Å²) >= 11 is 13.7. The highest BCUT2D eigenvalue weighted by molar-refractivity contribution is 7.13. The Morgan fingerprint density at radius 2 is 1.42 bits per heavy atom. The molecule has 0 aliphatic rings. The van der Waals surface area contributed by atoms with Gasteiger partial charge in [0, 0.05) is 10.6 Å². The van der Waals surface area contributed by atoms with Crippen LogP contribution in [0.25, 0.3) is 21.8 Å². The summed E-state index contributed by atoms with van der Waals surface area (Å²) in [5.41, 5.74) is 2.72. The molecule has 0 spiro atoms. The van der Waals surface area contributed by atoms with Crippen molar-refractivity contribution in [2.24, 2.45) is 4.99 Å². The molecule has 1 heterocycles. The highest BCUT2D eigenvalue weighted by atomic mass is 35.5. The van der Waals surface area contributed by atoms with E-state index in [0.717, 1.165) is 21.8 Å². The largest absolute Gasteiger partial charge is 0.429 e. The minimum absolute atomic E-state index is 0.489. The van der Waals surface area contributed by atoms with Crippen molar-refractivity contribution in [1.82, 2.24) is 0 Å². The molecule has 0 unspecified atom stereocenters. The Kier molecular flexibility index (Phi) is 4.93. The minimum atomic E-state index is 0.489. The molecule has 5 heteroatoms. The van der Waals surface area contributed by atoms with E-state index in [4.69, 9.17) is 27.6 Å². The zero-order valence-corrected chi connectivity index (χ0v) is 15.9. The summed E-state index contributed by atoms with van der Waals surface area (Å²) in [4.78, 5) is 6.14. The molecule has 0 aliphatic carbocycles. The summed E-state index contributed by atoms with van der Waals surface area (Å²) in [5, 5.41) is 1.07. The van der Waals surface area contributed by atoms with Gasteiger partial charge < -0.3 is 4.42 Å². The summed E-state index contributed by atoms with van der Waals surface area (Å²) in [6.07, 6.45) is 0. The number of hydrogen-bond acceptors (Lipinski definition) is 3. The third-order valence-electron chi connectivity index (χ3n) is 3.78. The highest BCUT2D eigenvalue weighted by Gasteiger charge is 2.14. The lowest BCUT2D eigenvalue weighted by molar-refractivity contribution is 0.539. The zero-order chi connectivity index (χ0) is 17.9. The van der Waals surface area contributed by atoms with Gasteiger partial charge in [-0.25, -0.2) is 4.99 Å². The molecule has 1 aromatic heterocycles. The summed E-state index contributed by atoms with van der Waals surface area (Å²) < 4.78 is 6.10. The van der Waals surface area contributed by atoms with E-state index >= 15 is 0 Å². The van der Waals surface area contributed by atoms with Crippen molar-refractivity contribution in [3.8, 4) is 21.8 Å². The van der Waals surface area contributed by atoms with Gasteiger partial charge in [0.25, 0.3) is 4.87 Å². The van der Waals surface area contributed by atoms with Gasteiger partial charge in [-0.15, -0.1) is 0 Å². The van der Waals surface area contributed by atoms with Crippen molar-refractivity contribution in [2.45, 2.75) is 0 Å². The minimum Gasteiger partial charge on any atom is -0.429 e. The van der Waals surface area contributed by atoms with Crippen LogP contribution >= 0.6 is 34.5 Å². The quantitative estimate of drug-likeness (QED) is 0.358. The van der Waals surface area contributed by atoms with Crippen molar-refractivity contribution in [1.29, 1.82) is 0 Å². The topological polar surface area (TPSA) is 25.5 Å². The fraction of sp³-hybridized carbons (Fsp3) is 0. The number of halogens is 2. The first kappa shape index (κ1) is 17.1. The van der Waals surface area contributed by atoms with Crippen LogP contribution in [0.2, 0.25) is 10.0 Å². The molecular weight excluding hydrogens is 385 g/mol. The Hall–Kier alpha value is -2.33. The molecule has 128 valence electrons. The first-order valence-corrected chi connectivity index (χ1v) is 9.52. The van der Waals surface area contributed by atoms with Crippen LogP contribution in [0.4, 0.5) is 5.69 Å². The third kappa shape index (κ3) is 3.61. The predicted molar refractivity (Wildman–Crippen MR) is 109 cm³/mol. The summed E-state index contributed by atoms with van der Waals surface area (Å²) in [7, 11) is 0. The third-order valence-corrected chi connectivity index (χ3v) is 5.29. The van der Waals surface area contributed by atoms with Crippen LogP contribution < -0.4 is 4.87 Å². The van der Waals surface area contributed by atoms with Gasteiger partial charge in [-0.3, -0.25) is 0 Å². The average molecular weight is 398 g/mol. The molecule has 4 aromatic rings. The predicted octanol–water partition coefficient (Wildman–Crippen LogP) is 7.21. The Labute approximate surface area is 165 Å². The molecule has 26 heavy (non-hydrogen) atoms. The van der Waals surface area contributed by atoms with Crippen LogP contribution in [0.1, 0.15) is 0 Å². The van der Waals surface area contributed by atoms with Crippen molar-refractivity contribution < 1.29 is 4.42 Å². The van der Waals surface area contributed by atoms with E-state index < -0.39 is 0 Å². The number of hydrogen-bond donors (Lipinski definition) is 0. The maximum atomic E-state index is 6.24. The van der Waals surface area contributed by atoms with Crippen LogP contribution in [0.15, 0.2) is 88.3 Å². The Bertz CT molecular complexity index is 1040. The van der Waals surface area contributed by atoms with Gasteiger partial charge in [-0.2, -0.15) is 0 Å². The fourth-order valence-corrected chi connectivity index (χ4v) is 3.96. The van der Waals surface area contributed by atoms with E-state index in [1.165, 1.54) is 11.3 Å². The van der Waals surface area contributed by atoms with E-state index in [1.54, 1.807) is 18.2 Å². The van der Waals surface area contributed by atoms with Gasteiger partial charge >= 0.3 is 0 Å². The first-order valence-electron chi connectivity index (χ1n) is 7.95. The molecular formula is C21H13Cl2NOS. The van der Waals surface area contributed by atoms with Crippen molar-refractivity contribution in [2.75, 3.05) is 0 Å². The standard InChI is InChI=1S/C21H13Cl2NOS/c22-16-11-12-18(17(23)13-16)24-21-25-19(14-7-3-1-4-8-14)20(26-21)15-9-5-2-6-10-15/h1-13H. The Morgan fingerprint density at radius 1 is 0.769 bits per heavy atom. The van der Waals surface area contributed by atoms with E-state index in [1.807, 2.05) is 48.5 Å². The number of benzene rings is 3. The van der Waals surface area contributed by atoms with Gasteiger partial charge in [0.1, 0.15) is 0 Å². The van der Waals surface area contributed by atoms with E-state index in [0.29, 0.717) is 20.6 Å². The smallest absolute Gasteiger partial charge is 0.279 e. The Balaban J connectivity index is 1.90. The van der Waals surface area contributed by atoms with Crippen LogP contribution in [-0.2, 0) is 0 Å². The van der Waals surface area contributed by atoms with Gasteiger partial charge in [-0.1, -0.05) is 95.2 Å². The van der Waals surface area contributed by atoms with E-state index in [2.05, 4.69) is 17.1 Å². The summed E-state index contributed by atoms with van der Waals surface area (Å²) in [5.74, 6) is 0.797. The molecule has 0 amide bonds. The summed E-state index contributed by atoms with van der Waals surface area (Å²) in [6.45, 7) is 0. The van der Waals surface area contributed by atoms with Crippen LogP contribution in [0.5, 0.6) is 0 Å². The highest BCUT2D eigenvalue weighted by Crippen LogP contribution is 2.35. The monoisotopic (exact) mass is 397 g/mol. The molecule has 0 saturated carbocycles. The van der Waals surface area contributed by atoms with Crippen LogP contribution in [0.3, 0.4) is 0 Å². The molecule has 3 aromatic carbocycles. The van der Waals surface area contributed by atoms with E-state index in [9.17, 15) is 0 Å². The molecule has 2 nitrogen and oxygen atoms in total. The second kappa shape index (κ2) is 7.50. The fourth-order valence-electron chi connectivity index (χ4n) is 2.56. The maximum absolute atomic E-state index is 6.24. The van der Waals surface area contributed by atoms with Crippen molar-refractivity contribution >= 4 is 40.2 Å². The molecule has 0 radical (unpaired) electrons. The second-order valence-electron chi connectivity index (χ2n) is 5.57. The van der Waals surface area contributed by atoms with Gasteiger partial charge in [0.15, 0.2) is 5.76 Å². The van der Waals surface area contributed by atoms with Gasteiger partial charge in [-0.05, 0) is 23.8 Å². The lowest BCUT2D eigenvalue weighted by Crippen LogP contribution is -1.88. The van der Waals surface area contributed by atoms with Crippen molar-refractivity contribution in [3.05, 3.63) is 93.8 Å². The van der Waals surface area contributed by atoms with E-state index in [-0.39, 0.29) is 0 Å². The molecule has 0 aliphatic heterocycles. The molecule has 0 atom stereocenters. The van der Waals surface area contributed by atoms with Crippen molar-refractivity contribution in [3.63, 3.8) is 0 Å². The lowest BCUT2D eigenvalue weighted by atomic mass is 10.1. The summed E-state index contributed by atoms with van der Waals surface area (Å²) in [6, 6.07) is 25.4. The molecule has 0 fully saturated rings. The van der Waals surface area contributed by atoms with Crippen LogP contribution in [-0.4, -0.2) is 0 Å². The zero-order valence-electron chi connectivity index (χ0n) is 13.5. The van der Waals surface area contributed by atoms with Gasteiger partial charge in [0.05, 0.1) is 15.6 Å². The maximum Gasteiger partial charge on any atom is 0.279 e. The molecule has 0 bridgehead atoms. The average Bonchev–Trinajstić information content (AvgIpc) is 3.09.